The van der Waals surface area contributed by atoms with Gasteiger partial charge in [-0.15, -0.1) is 0 Å². The molecule has 3 nitrogen and oxygen atoms in total. The van der Waals surface area contributed by atoms with E-state index in [2.05, 4.69) is 75.4 Å². The number of halogens is 1. The molecule has 0 N–H and O–H groups in total. The van der Waals surface area contributed by atoms with E-state index in [1.54, 1.807) is 0 Å². The van der Waals surface area contributed by atoms with Gasteiger partial charge >= 0.3 is 0 Å². The Morgan fingerprint density at radius 3 is 1.85 bits per heavy atom. The van der Waals surface area contributed by atoms with E-state index in [1.807, 2.05) is 18.3 Å². The number of benzene rings is 2. The molecule has 0 aliphatic carbocycles. The summed E-state index contributed by atoms with van der Waals surface area (Å²) in [6.45, 7) is 3.79. The van der Waals surface area contributed by atoms with Crippen LogP contribution in [0.15, 0.2) is 79.0 Å². The van der Waals surface area contributed by atoms with E-state index in [4.69, 9.17) is 11.6 Å². The molecule has 2 aromatic carbocycles. The SMILES string of the molecule is Clc1cccnc1N1CCN(C(c2ccccc2)c2ccccc2)CC1. The van der Waals surface area contributed by atoms with Crippen molar-refractivity contribution in [2.75, 3.05) is 31.1 Å². The van der Waals surface area contributed by atoms with Gasteiger partial charge in [0.15, 0.2) is 0 Å². The molecule has 1 aliphatic rings. The summed E-state index contributed by atoms with van der Waals surface area (Å²) in [5.74, 6) is 0.893. The molecule has 132 valence electrons. The van der Waals surface area contributed by atoms with Crippen LogP contribution in [0, 0.1) is 0 Å². The number of hydrogen-bond donors (Lipinski definition) is 0. The lowest BCUT2D eigenvalue weighted by molar-refractivity contribution is 0.212. The lowest BCUT2D eigenvalue weighted by atomic mass is 9.96. The second kappa shape index (κ2) is 7.90. The molecule has 3 aromatic rings. The van der Waals surface area contributed by atoms with Crippen molar-refractivity contribution >= 4 is 17.4 Å². The Bertz CT molecular complexity index is 791. The Morgan fingerprint density at radius 1 is 0.731 bits per heavy atom. The van der Waals surface area contributed by atoms with Gasteiger partial charge in [0.1, 0.15) is 5.82 Å². The van der Waals surface area contributed by atoms with Gasteiger partial charge in [0.25, 0.3) is 0 Å². The summed E-state index contributed by atoms with van der Waals surface area (Å²) < 4.78 is 0. The zero-order valence-electron chi connectivity index (χ0n) is 14.6. The largest absolute Gasteiger partial charge is 0.353 e. The molecule has 0 spiro atoms. The Kier molecular flexibility index (Phi) is 5.19. The van der Waals surface area contributed by atoms with Crippen molar-refractivity contribution in [1.29, 1.82) is 0 Å². The van der Waals surface area contributed by atoms with E-state index in [0.717, 1.165) is 37.0 Å². The summed E-state index contributed by atoms with van der Waals surface area (Å²) in [7, 11) is 0. The molecule has 1 aromatic heterocycles. The van der Waals surface area contributed by atoms with E-state index in [-0.39, 0.29) is 6.04 Å². The lowest BCUT2D eigenvalue weighted by Gasteiger charge is -2.40. The van der Waals surface area contributed by atoms with Crippen LogP contribution in [0.4, 0.5) is 5.82 Å². The maximum absolute atomic E-state index is 6.33. The molecule has 0 saturated carbocycles. The first-order valence-corrected chi connectivity index (χ1v) is 9.40. The predicted molar refractivity (Wildman–Crippen MR) is 108 cm³/mol. The summed E-state index contributed by atoms with van der Waals surface area (Å²) >= 11 is 6.33. The minimum Gasteiger partial charge on any atom is -0.353 e. The van der Waals surface area contributed by atoms with Crippen molar-refractivity contribution in [2.24, 2.45) is 0 Å². The van der Waals surface area contributed by atoms with E-state index in [1.165, 1.54) is 11.1 Å². The highest BCUT2D eigenvalue weighted by molar-refractivity contribution is 6.32. The number of piperazine rings is 1. The monoisotopic (exact) mass is 363 g/mol. The van der Waals surface area contributed by atoms with Crippen molar-refractivity contribution in [3.63, 3.8) is 0 Å². The van der Waals surface area contributed by atoms with Crippen LogP contribution >= 0.6 is 11.6 Å². The zero-order valence-corrected chi connectivity index (χ0v) is 15.4. The van der Waals surface area contributed by atoms with Crippen molar-refractivity contribution < 1.29 is 0 Å². The van der Waals surface area contributed by atoms with E-state index in [0.29, 0.717) is 0 Å². The summed E-state index contributed by atoms with van der Waals surface area (Å²) in [4.78, 5) is 9.30. The number of pyridine rings is 1. The maximum Gasteiger partial charge on any atom is 0.147 e. The topological polar surface area (TPSA) is 19.4 Å². The van der Waals surface area contributed by atoms with E-state index >= 15 is 0 Å². The number of rotatable bonds is 4. The zero-order chi connectivity index (χ0) is 17.8. The minimum atomic E-state index is 0.277. The van der Waals surface area contributed by atoms with Gasteiger partial charge in [-0.3, -0.25) is 4.90 Å². The van der Waals surface area contributed by atoms with Crippen molar-refractivity contribution in [3.05, 3.63) is 95.1 Å². The summed E-state index contributed by atoms with van der Waals surface area (Å²) in [5, 5.41) is 0.726. The van der Waals surface area contributed by atoms with Gasteiger partial charge in [-0.05, 0) is 23.3 Å². The van der Waals surface area contributed by atoms with Crippen LogP contribution in [0.25, 0.3) is 0 Å². The van der Waals surface area contributed by atoms with Gasteiger partial charge in [0, 0.05) is 32.4 Å². The second-order valence-corrected chi connectivity index (χ2v) is 6.96. The molecule has 1 saturated heterocycles. The summed E-state index contributed by atoms with van der Waals surface area (Å²) in [5.41, 5.74) is 2.67. The van der Waals surface area contributed by atoms with E-state index < -0.39 is 0 Å². The van der Waals surface area contributed by atoms with Crippen LogP contribution in [0.3, 0.4) is 0 Å². The Hall–Kier alpha value is -2.36. The molecule has 4 rings (SSSR count). The third-order valence-corrected chi connectivity index (χ3v) is 5.24. The first-order valence-electron chi connectivity index (χ1n) is 9.02. The van der Waals surface area contributed by atoms with Crippen LogP contribution in [0.5, 0.6) is 0 Å². The van der Waals surface area contributed by atoms with Crippen LogP contribution in [0.2, 0.25) is 5.02 Å². The number of hydrogen-bond acceptors (Lipinski definition) is 3. The molecule has 1 fully saturated rings. The molecule has 1 aliphatic heterocycles. The minimum absolute atomic E-state index is 0.277. The fourth-order valence-corrected chi connectivity index (χ4v) is 3.93. The normalized spacial score (nSPS) is 15.4. The number of anilines is 1. The van der Waals surface area contributed by atoms with Crippen molar-refractivity contribution in [1.82, 2.24) is 9.88 Å². The molecule has 0 bridgehead atoms. The molecule has 2 heterocycles. The Balaban J connectivity index is 1.56. The van der Waals surface area contributed by atoms with Gasteiger partial charge in [-0.25, -0.2) is 4.98 Å². The lowest BCUT2D eigenvalue weighted by Crippen LogP contribution is -2.48. The summed E-state index contributed by atoms with van der Waals surface area (Å²) in [6.07, 6.45) is 1.81. The standard InChI is InChI=1S/C22H22ClN3/c23-20-12-7-13-24-22(20)26-16-14-25(15-17-26)21(18-8-3-1-4-9-18)19-10-5-2-6-11-19/h1-13,21H,14-17H2. The van der Waals surface area contributed by atoms with Gasteiger partial charge in [0.05, 0.1) is 11.1 Å². The highest BCUT2D eigenvalue weighted by Crippen LogP contribution is 2.31. The number of aromatic nitrogens is 1. The highest BCUT2D eigenvalue weighted by atomic mass is 35.5. The van der Waals surface area contributed by atoms with Crippen molar-refractivity contribution in [2.45, 2.75) is 6.04 Å². The van der Waals surface area contributed by atoms with Gasteiger partial charge < -0.3 is 4.90 Å². The average molecular weight is 364 g/mol. The van der Waals surface area contributed by atoms with Crippen molar-refractivity contribution in [3.8, 4) is 0 Å². The molecule has 0 radical (unpaired) electrons. The average Bonchev–Trinajstić information content (AvgIpc) is 2.71. The maximum atomic E-state index is 6.33. The Labute approximate surface area is 159 Å². The highest BCUT2D eigenvalue weighted by Gasteiger charge is 2.27. The van der Waals surface area contributed by atoms with E-state index in [9.17, 15) is 0 Å². The molecule has 0 atom stereocenters. The predicted octanol–water partition coefficient (Wildman–Crippen LogP) is 4.65. The Morgan fingerprint density at radius 2 is 1.31 bits per heavy atom. The van der Waals surface area contributed by atoms with Gasteiger partial charge in [-0.1, -0.05) is 72.3 Å². The fourth-order valence-electron chi connectivity index (χ4n) is 3.69. The first-order chi connectivity index (χ1) is 12.8. The molecular weight excluding hydrogens is 342 g/mol. The molecule has 0 amide bonds. The van der Waals surface area contributed by atoms with Gasteiger partial charge in [-0.2, -0.15) is 0 Å². The quantitative estimate of drug-likeness (QED) is 0.672. The second-order valence-electron chi connectivity index (χ2n) is 6.56. The molecule has 0 unspecified atom stereocenters. The fraction of sp³-hybridized carbons (Fsp3) is 0.227. The first kappa shape index (κ1) is 17.1. The van der Waals surface area contributed by atoms with Gasteiger partial charge in [0.2, 0.25) is 0 Å². The number of nitrogens with zero attached hydrogens (tertiary/aromatic N) is 3. The molecule has 4 heteroatoms. The summed E-state index contributed by atoms with van der Waals surface area (Å²) in [6, 6.07) is 25.6. The third kappa shape index (κ3) is 3.59. The van der Waals surface area contributed by atoms with Crippen LogP contribution in [-0.2, 0) is 0 Å². The molecular formula is C22H22ClN3. The van der Waals surface area contributed by atoms with Crippen LogP contribution in [0.1, 0.15) is 17.2 Å². The smallest absolute Gasteiger partial charge is 0.147 e. The molecule has 26 heavy (non-hydrogen) atoms. The van der Waals surface area contributed by atoms with Crippen LogP contribution in [-0.4, -0.2) is 36.1 Å². The third-order valence-electron chi connectivity index (χ3n) is 4.95. The van der Waals surface area contributed by atoms with Crippen LogP contribution < -0.4 is 4.90 Å².